The first-order chi connectivity index (χ1) is 5.66. The Hall–Kier alpha value is -0.610. The molecule has 4 heteroatoms. The van der Waals surface area contributed by atoms with E-state index in [1.165, 1.54) is 6.92 Å². The zero-order chi connectivity index (χ0) is 9.40. The maximum atomic E-state index is 10.7. The van der Waals surface area contributed by atoms with Crippen LogP contribution in [0.15, 0.2) is 0 Å². The molecular weight excluding hydrogens is 160 g/mol. The van der Waals surface area contributed by atoms with E-state index in [4.69, 9.17) is 5.11 Å². The van der Waals surface area contributed by atoms with Crippen LogP contribution in [0.5, 0.6) is 0 Å². The van der Waals surface area contributed by atoms with Gasteiger partial charge in [-0.15, -0.1) is 0 Å². The van der Waals surface area contributed by atoms with Gasteiger partial charge in [0.25, 0.3) is 0 Å². The first kappa shape index (κ1) is 11.4. The fourth-order valence-corrected chi connectivity index (χ4v) is 0.586. The minimum absolute atomic E-state index is 0.0217. The van der Waals surface area contributed by atoms with Gasteiger partial charge in [0.2, 0.25) is 0 Å². The largest absolute Gasteiger partial charge is 0.393 e. The average Bonchev–Trinajstić information content (AvgIpc) is 1.97. The maximum Gasteiger partial charge on any atom is 0.344 e. The van der Waals surface area contributed by atoms with Crippen molar-refractivity contribution < 1.29 is 19.7 Å². The van der Waals surface area contributed by atoms with Crippen LogP contribution in [-0.2, 0) is 14.6 Å². The molecule has 0 aliphatic carbocycles. The summed E-state index contributed by atoms with van der Waals surface area (Å²) in [4.78, 5) is 19.6. The monoisotopic (exact) mass is 176 g/mol. The van der Waals surface area contributed by atoms with Gasteiger partial charge in [-0.25, -0.2) is 4.79 Å². The lowest BCUT2D eigenvalue weighted by molar-refractivity contribution is -0.273. The van der Waals surface area contributed by atoms with Crippen LogP contribution >= 0.6 is 0 Å². The van der Waals surface area contributed by atoms with E-state index < -0.39 is 12.1 Å². The Bertz CT molecular complexity index is 122. The van der Waals surface area contributed by atoms with E-state index in [2.05, 4.69) is 9.78 Å². The predicted octanol–water partition coefficient (Wildman–Crippen LogP) is 1.03. The van der Waals surface area contributed by atoms with Crippen LogP contribution in [0.1, 0.15) is 33.1 Å². The fraction of sp³-hybridized carbons (Fsp3) is 0.875. The second kappa shape index (κ2) is 7.06. The Balaban J connectivity index is 3.20. The zero-order valence-electron chi connectivity index (χ0n) is 7.58. The molecule has 0 aliphatic rings. The van der Waals surface area contributed by atoms with Crippen LogP contribution in [0.4, 0.5) is 0 Å². The topological polar surface area (TPSA) is 55.8 Å². The van der Waals surface area contributed by atoms with Crippen LogP contribution in [0.2, 0.25) is 0 Å². The molecule has 0 rings (SSSR count). The Morgan fingerprint density at radius 2 is 2.25 bits per heavy atom. The molecule has 0 heterocycles. The predicted molar refractivity (Wildman–Crippen MR) is 43.2 cm³/mol. The van der Waals surface area contributed by atoms with Crippen molar-refractivity contribution in [2.45, 2.75) is 39.2 Å². The van der Waals surface area contributed by atoms with E-state index in [-0.39, 0.29) is 6.42 Å². The van der Waals surface area contributed by atoms with E-state index >= 15 is 0 Å². The Morgan fingerprint density at radius 3 is 2.75 bits per heavy atom. The molecule has 0 bridgehead atoms. The minimum Gasteiger partial charge on any atom is -0.393 e. The number of hydrogen-bond donors (Lipinski definition) is 1. The van der Waals surface area contributed by atoms with Crippen LogP contribution < -0.4 is 0 Å². The molecule has 0 amide bonds. The molecular formula is C8H16O4. The van der Waals surface area contributed by atoms with E-state index in [1.54, 1.807) is 0 Å². The molecule has 0 saturated heterocycles. The van der Waals surface area contributed by atoms with Gasteiger partial charge in [-0.1, -0.05) is 13.3 Å². The van der Waals surface area contributed by atoms with Crippen molar-refractivity contribution in [3.63, 3.8) is 0 Å². The number of aliphatic hydroxyl groups excluding tert-OH is 1. The number of hydrogen-bond acceptors (Lipinski definition) is 4. The third-order valence-electron chi connectivity index (χ3n) is 1.20. The van der Waals surface area contributed by atoms with E-state index in [0.29, 0.717) is 6.61 Å². The molecule has 0 aliphatic heterocycles. The minimum atomic E-state index is -0.674. The molecule has 72 valence electrons. The summed E-state index contributed by atoms with van der Waals surface area (Å²) in [5.41, 5.74) is 0. The number of rotatable bonds is 6. The molecule has 1 atom stereocenters. The van der Waals surface area contributed by atoms with Gasteiger partial charge in [-0.2, -0.15) is 4.89 Å². The highest BCUT2D eigenvalue weighted by atomic mass is 17.2. The van der Waals surface area contributed by atoms with Crippen molar-refractivity contribution in [1.29, 1.82) is 0 Å². The highest BCUT2D eigenvalue weighted by Gasteiger charge is 2.07. The van der Waals surface area contributed by atoms with Gasteiger partial charge < -0.3 is 5.11 Å². The number of unbranched alkanes of at least 4 members (excludes halogenated alkanes) is 1. The summed E-state index contributed by atoms with van der Waals surface area (Å²) in [6.45, 7) is 3.95. The fourth-order valence-electron chi connectivity index (χ4n) is 0.586. The molecule has 4 nitrogen and oxygen atoms in total. The molecule has 0 fully saturated rings. The van der Waals surface area contributed by atoms with Gasteiger partial charge in [0.15, 0.2) is 0 Å². The zero-order valence-corrected chi connectivity index (χ0v) is 7.58. The summed E-state index contributed by atoms with van der Waals surface area (Å²) < 4.78 is 0. The Kier molecular flexibility index (Phi) is 6.70. The Morgan fingerprint density at radius 1 is 1.58 bits per heavy atom. The van der Waals surface area contributed by atoms with Crippen molar-refractivity contribution in [3.8, 4) is 0 Å². The second-order valence-electron chi connectivity index (χ2n) is 2.68. The van der Waals surface area contributed by atoms with Gasteiger partial charge in [0, 0.05) is 0 Å². The summed E-state index contributed by atoms with van der Waals surface area (Å²) in [6, 6.07) is 0. The third-order valence-corrected chi connectivity index (χ3v) is 1.20. The first-order valence-corrected chi connectivity index (χ1v) is 4.17. The highest BCUT2D eigenvalue weighted by Crippen LogP contribution is 1.95. The van der Waals surface area contributed by atoms with E-state index in [0.717, 1.165) is 12.8 Å². The molecule has 1 N–H and O–H groups in total. The number of carbonyl (C=O) groups is 1. The van der Waals surface area contributed by atoms with Crippen molar-refractivity contribution in [3.05, 3.63) is 0 Å². The summed E-state index contributed by atoms with van der Waals surface area (Å²) in [6.07, 6.45) is 1.16. The summed E-state index contributed by atoms with van der Waals surface area (Å²) in [5.74, 6) is -0.527. The molecule has 12 heavy (non-hydrogen) atoms. The summed E-state index contributed by atoms with van der Waals surface area (Å²) in [7, 11) is 0. The van der Waals surface area contributed by atoms with Gasteiger partial charge in [0.1, 0.15) is 0 Å². The quantitative estimate of drug-likeness (QED) is 0.373. The molecule has 0 radical (unpaired) electrons. The molecule has 0 aromatic heterocycles. The van der Waals surface area contributed by atoms with Crippen LogP contribution in [-0.4, -0.2) is 23.8 Å². The lowest BCUT2D eigenvalue weighted by atomic mass is 10.3. The average molecular weight is 176 g/mol. The van der Waals surface area contributed by atoms with Crippen LogP contribution in [0.3, 0.4) is 0 Å². The molecule has 0 aromatic carbocycles. The molecule has 0 saturated carbocycles. The maximum absolute atomic E-state index is 10.7. The summed E-state index contributed by atoms with van der Waals surface area (Å²) in [5, 5.41) is 8.77. The SMILES string of the molecule is CCCCOOC(=O)CC(C)O. The molecule has 1 unspecified atom stereocenters. The van der Waals surface area contributed by atoms with E-state index in [1.807, 2.05) is 6.92 Å². The summed E-state index contributed by atoms with van der Waals surface area (Å²) >= 11 is 0. The van der Waals surface area contributed by atoms with E-state index in [9.17, 15) is 4.79 Å². The molecule has 0 spiro atoms. The van der Waals surface area contributed by atoms with Gasteiger partial charge in [-0.3, -0.25) is 4.89 Å². The standard InChI is InChI=1S/C8H16O4/c1-3-4-5-11-12-8(10)6-7(2)9/h7,9H,3-6H2,1-2H3. The highest BCUT2D eigenvalue weighted by molar-refractivity contribution is 5.69. The number of carbonyl (C=O) groups excluding carboxylic acids is 1. The van der Waals surface area contributed by atoms with Crippen LogP contribution in [0.25, 0.3) is 0 Å². The van der Waals surface area contributed by atoms with Gasteiger partial charge >= 0.3 is 5.97 Å². The Labute approximate surface area is 72.4 Å². The lowest BCUT2D eigenvalue weighted by Crippen LogP contribution is -2.13. The van der Waals surface area contributed by atoms with Crippen molar-refractivity contribution in [1.82, 2.24) is 0 Å². The lowest BCUT2D eigenvalue weighted by Gasteiger charge is -2.03. The smallest absolute Gasteiger partial charge is 0.344 e. The van der Waals surface area contributed by atoms with Crippen molar-refractivity contribution >= 4 is 5.97 Å². The van der Waals surface area contributed by atoms with Gasteiger partial charge in [-0.05, 0) is 13.3 Å². The normalized spacial score (nSPS) is 12.6. The second-order valence-corrected chi connectivity index (χ2v) is 2.68. The van der Waals surface area contributed by atoms with Crippen LogP contribution in [0, 0.1) is 0 Å². The third kappa shape index (κ3) is 7.50. The first-order valence-electron chi connectivity index (χ1n) is 4.17. The molecule has 0 aromatic rings. The van der Waals surface area contributed by atoms with Gasteiger partial charge in [0.05, 0.1) is 19.1 Å². The van der Waals surface area contributed by atoms with Crippen molar-refractivity contribution in [2.24, 2.45) is 0 Å². The van der Waals surface area contributed by atoms with Crippen molar-refractivity contribution in [2.75, 3.05) is 6.61 Å². The number of aliphatic hydroxyl groups is 1.